The molecule has 0 aromatic heterocycles. The van der Waals surface area contributed by atoms with Crippen LogP contribution in [0, 0.1) is 17.4 Å². The highest BCUT2D eigenvalue weighted by Crippen LogP contribution is 2.23. The molecule has 2 N–H and O–H groups in total. The van der Waals surface area contributed by atoms with E-state index in [2.05, 4.69) is 22.6 Å². The molecule has 0 atom stereocenters. The fourth-order valence-electron chi connectivity index (χ4n) is 2.16. The summed E-state index contributed by atoms with van der Waals surface area (Å²) in [5.41, 5.74) is 2.39. The number of hydrogen-bond acceptors (Lipinski definition) is 4. The molecule has 0 aliphatic carbocycles. The zero-order chi connectivity index (χ0) is 17.1. The smallest absolute Gasteiger partial charge is 0.279 e. The molecule has 6 heteroatoms. The number of rotatable bonds is 3. The van der Waals surface area contributed by atoms with Gasteiger partial charge in [0.25, 0.3) is 11.8 Å². The van der Waals surface area contributed by atoms with Crippen LogP contribution in [-0.4, -0.2) is 23.9 Å². The average molecular weight is 424 g/mol. The van der Waals surface area contributed by atoms with Crippen LogP contribution in [-0.2, 0) is 0 Å². The van der Waals surface area contributed by atoms with Gasteiger partial charge in [-0.25, -0.2) is 10.9 Å². The number of benzene rings is 2. The molecule has 0 fully saturated rings. The maximum Gasteiger partial charge on any atom is 0.279 e. The topological polar surface area (TPSA) is 72.6 Å². The van der Waals surface area contributed by atoms with Crippen molar-refractivity contribution < 1.29 is 14.3 Å². The Hall–Kier alpha value is -1.93. The van der Waals surface area contributed by atoms with Crippen molar-refractivity contribution in [2.45, 2.75) is 13.8 Å². The van der Waals surface area contributed by atoms with Gasteiger partial charge in [0, 0.05) is 9.13 Å². The molecule has 0 saturated carbocycles. The first kappa shape index (κ1) is 17.4. The first-order valence-electron chi connectivity index (χ1n) is 6.90. The Morgan fingerprint density at radius 1 is 1.09 bits per heavy atom. The number of imide groups is 1. The van der Waals surface area contributed by atoms with Crippen LogP contribution in [0.2, 0.25) is 0 Å². The molecule has 120 valence electrons. The molecule has 2 amide bonds. The van der Waals surface area contributed by atoms with E-state index in [1.165, 1.54) is 7.11 Å². The second-order valence-corrected chi connectivity index (χ2v) is 6.26. The van der Waals surface area contributed by atoms with Crippen LogP contribution in [0.5, 0.6) is 5.75 Å². The maximum absolute atomic E-state index is 12.6. The highest BCUT2D eigenvalue weighted by molar-refractivity contribution is 14.1. The molecular weight excluding hydrogens is 407 g/mol. The second-order valence-electron chi connectivity index (χ2n) is 5.10. The van der Waals surface area contributed by atoms with Gasteiger partial charge >= 0.3 is 0 Å². The molecule has 0 bridgehead atoms. The van der Waals surface area contributed by atoms with Crippen molar-refractivity contribution in [1.82, 2.24) is 5.01 Å². The lowest BCUT2D eigenvalue weighted by Crippen LogP contribution is -2.43. The van der Waals surface area contributed by atoms with E-state index in [-0.39, 0.29) is 5.56 Å². The number of nitrogens with zero attached hydrogens (tertiary/aromatic N) is 1. The summed E-state index contributed by atoms with van der Waals surface area (Å²) in [6.07, 6.45) is 0. The molecule has 2 aromatic carbocycles. The lowest BCUT2D eigenvalue weighted by molar-refractivity contribution is 0.0613. The van der Waals surface area contributed by atoms with Gasteiger partial charge in [-0.2, -0.15) is 0 Å². The SMILES string of the molecule is COc1cccc(C)c1C(=O)N(N)C(=O)c1ccc(C)c(I)c1. The van der Waals surface area contributed by atoms with Gasteiger partial charge in [0.15, 0.2) is 0 Å². The standard InChI is InChI=1S/C17H17IN2O3/c1-10-7-8-12(9-13(10)18)16(21)20(19)17(22)15-11(2)5-4-6-14(15)23-3/h4-9H,19H2,1-3H3. The van der Waals surface area contributed by atoms with Gasteiger partial charge in [0.2, 0.25) is 0 Å². The fraction of sp³-hybridized carbons (Fsp3) is 0.176. The predicted octanol–water partition coefficient (Wildman–Crippen LogP) is 3.07. The summed E-state index contributed by atoms with van der Waals surface area (Å²) in [4.78, 5) is 25.1. The van der Waals surface area contributed by atoms with Gasteiger partial charge in [0.05, 0.1) is 12.7 Å². The van der Waals surface area contributed by atoms with E-state index < -0.39 is 11.8 Å². The third-order valence-corrected chi connectivity index (χ3v) is 4.69. The highest BCUT2D eigenvalue weighted by atomic mass is 127. The number of hydrazine groups is 1. The molecule has 0 aliphatic rings. The third kappa shape index (κ3) is 3.53. The number of hydrogen-bond donors (Lipinski definition) is 1. The molecule has 0 saturated heterocycles. The van der Waals surface area contributed by atoms with Gasteiger partial charge in [-0.15, -0.1) is 0 Å². The molecule has 0 heterocycles. The number of amides is 2. The summed E-state index contributed by atoms with van der Waals surface area (Å²) < 4.78 is 6.14. The van der Waals surface area contributed by atoms with E-state index in [4.69, 9.17) is 10.6 Å². The Kier molecular flexibility index (Phi) is 5.38. The minimum atomic E-state index is -0.597. The van der Waals surface area contributed by atoms with Crippen molar-refractivity contribution in [2.75, 3.05) is 7.11 Å². The maximum atomic E-state index is 12.6. The van der Waals surface area contributed by atoms with Crippen LogP contribution in [0.1, 0.15) is 31.8 Å². The summed E-state index contributed by atoms with van der Waals surface area (Å²) in [6, 6.07) is 10.4. The number of methoxy groups -OCH3 is 1. The average Bonchev–Trinajstić information content (AvgIpc) is 2.55. The number of carbonyl (C=O) groups excluding carboxylic acids is 2. The van der Waals surface area contributed by atoms with Crippen LogP contribution in [0.4, 0.5) is 0 Å². The van der Waals surface area contributed by atoms with Gasteiger partial charge < -0.3 is 4.74 Å². The van der Waals surface area contributed by atoms with Crippen molar-refractivity contribution in [1.29, 1.82) is 0 Å². The Balaban J connectivity index is 2.36. The van der Waals surface area contributed by atoms with E-state index in [1.54, 1.807) is 37.3 Å². The molecular formula is C17H17IN2O3. The molecule has 0 spiro atoms. The van der Waals surface area contributed by atoms with E-state index >= 15 is 0 Å². The Bertz CT molecular complexity index is 774. The van der Waals surface area contributed by atoms with Crippen molar-refractivity contribution in [3.8, 4) is 5.75 Å². The van der Waals surface area contributed by atoms with Crippen LogP contribution in [0.15, 0.2) is 36.4 Å². The Labute approximate surface area is 148 Å². The number of aryl methyl sites for hydroxylation is 2. The zero-order valence-corrected chi connectivity index (χ0v) is 15.2. The number of ether oxygens (including phenoxy) is 1. The molecule has 0 radical (unpaired) electrons. The van der Waals surface area contributed by atoms with E-state index in [9.17, 15) is 9.59 Å². The van der Waals surface area contributed by atoms with Crippen molar-refractivity contribution in [3.63, 3.8) is 0 Å². The number of nitrogens with two attached hydrogens (primary N) is 1. The molecule has 0 aliphatic heterocycles. The fourth-order valence-corrected chi connectivity index (χ4v) is 2.68. The van der Waals surface area contributed by atoms with Crippen LogP contribution < -0.4 is 10.6 Å². The normalized spacial score (nSPS) is 10.3. The predicted molar refractivity (Wildman–Crippen MR) is 96.3 cm³/mol. The van der Waals surface area contributed by atoms with Crippen LogP contribution >= 0.6 is 22.6 Å². The molecule has 2 rings (SSSR count). The van der Waals surface area contributed by atoms with Gasteiger partial charge in [-0.3, -0.25) is 9.59 Å². The monoisotopic (exact) mass is 424 g/mol. The lowest BCUT2D eigenvalue weighted by Gasteiger charge is -2.18. The minimum Gasteiger partial charge on any atom is -0.496 e. The third-order valence-electron chi connectivity index (χ3n) is 3.52. The van der Waals surface area contributed by atoms with E-state index in [0.717, 1.165) is 9.13 Å². The molecule has 0 unspecified atom stereocenters. The van der Waals surface area contributed by atoms with E-state index in [1.807, 2.05) is 13.0 Å². The van der Waals surface area contributed by atoms with Gasteiger partial charge in [0.1, 0.15) is 5.75 Å². The molecule has 2 aromatic rings. The van der Waals surface area contributed by atoms with Crippen molar-refractivity contribution >= 4 is 34.4 Å². The van der Waals surface area contributed by atoms with Crippen LogP contribution in [0.3, 0.4) is 0 Å². The first-order valence-corrected chi connectivity index (χ1v) is 7.98. The van der Waals surface area contributed by atoms with Gasteiger partial charge in [-0.1, -0.05) is 18.2 Å². The first-order chi connectivity index (χ1) is 10.9. The van der Waals surface area contributed by atoms with Crippen molar-refractivity contribution in [2.24, 2.45) is 5.84 Å². The largest absolute Gasteiger partial charge is 0.496 e. The zero-order valence-electron chi connectivity index (χ0n) is 13.1. The van der Waals surface area contributed by atoms with Gasteiger partial charge in [-0.05, 0) is 65.8 Å². The van der Waals surface area contributed by atoms with Crippen LogP contribution in [0.25, 0.3) is 0 Å². The highest BCUT2D eigenvalue weighted by Gasteiger charge is 2.25. The summed E-state index contributed by atoms with van der Waals surface area (Å²) in [5.74, 6) is 5.01. The quantitative estimate of drug-likeness (QED) is 0.270. The Morgan fingerprint density at radius 2 is 1.78 bits per heavy atom. The number of halogens is 1. The van der Waals surface area contributed by atoms with E-state index in [0.29, 0.717) is 21.9 Å². The minimum absolute atomic E-state index is 0.285. The molecule has 5 nitrogen and oxygen atoms in total. The second kappa shape index (κ2) is 7.10. The Morgan fingerprint density at radius 3 is 2.39 bits per heavy atom. The summed E-state index contributed by atoms with van der Waals surface area (Å²) >= 11 is 2.14. The molecule has 23 heavy (non-hydrogen) atoms. The number of carbonyl (C=O) groups is 2. The summed E-state index contributed by atoms with van der Waals surface area (Å²) in [6.45, 7) is 3.71. The lowest BCUT2D eigenvalue weighted by atomic mass is 10.1. The summed E-state index contributed by atoms with van der Waals surface area (Å²) in [7, 11) is 1.47. The van der Waals surface area contributed by atoms with Crippen molar-refractivity contribution in [3.05, 3.63) is 62.2 Å². The summed E-state index contributed by atoms with van der Waals surface area (Å²) in [5, 5.41) is 0.631.